The Morgan fingerprint density at radius 3 is 2.57 bits per heavy atom. The maximum atomic E-state index is 12.1. The molecule has 0 aliphatic carbocycles. The summed E-state index contributed by atoms with van der Waals surface area (Å²) in [6, 6.07) is 9.96. The summed E-state index contributed by atoms with van der Waals surface area (Å²) in [4.78, 5) is 0.891. The lowest BCUT2D eigenvalue weighted by molar-refractivity contribution is -0.0498. The zero-order valence-corrected chi connectivity index (χ0v) is 11.4. The van der Waals surface area contributed by atoms with E-state index >= 15 is 0 Å². The van der Waals surface area contributed by atoms with Crippen LogP contribution in [0, 0.1) is 0 Å². The third-order valence-corrected chi connectivity index (χ3v) is 3.70. The molecule has 0 saturated heterocycles. The van der Waals surface area contributed by atoms with Gasteiger partial charge in [0.2, 0.25) is 0 Å². The number of thiophene rings is 1. The molecule has 0 atom stereocenters. The van der Waals surface area contributed by atoms with Gasteiger partial charge < -0.3 is 15.0 Å². The average molecular weight is 308 g/mol. The fraction of sp³-hybridized carbons (Fsp3) is 0.0714. The first-order valence-electron chi connectivity index (χ1n) is 5.99. The summed E-state index contributed by atoms with van der Waals surface area (Å²) in [6.07, 6.45) is 0. The number of nitrogens with zero attached hydrogens (tertiary/aromatic N) is 1. The number of halogens is 2. The number of benzene rings is 1. The number of hydrogen-bond acceptors (Lipinski definition) is 5. The van der Waals surface area contributed by atoms with Crippen LogP contribution < -0.4 is 10.5 Å². The summed E-state index contributed by atoms with van der Waals surface area (Å²) in [6.45, 7) is -2.85. The lowest BCUT2D eigenvalue weighted by Gasteiger charge is -2.06. The van der Waals surface area contributed by atoms with Gasteiger partial charge in [-0.1, -0.05) is 23.4 Å². The number of ether oxygens (including phenoxy) is 1. The van der Waals surface area contributed by atoms with Gasteiger partial charge in [-0.05, 0) is 29.1 Å². The Bertz CT molecular complexity index is 724. The van der Waals surface area contributed by atoms with Crippen LogP contribution >= 0.6 is 11.3 Å². The van der Waals surface area contributed by atoms with Gasteiger partial charge in [0.05, 0.1) is 10.4 Å². The molecule has 7 heteroatoms. The molecular formula is C14H10F2N2O2S. The van der Waals surface area contributed by atoms with Crippen LogP contribution in [-0.2, 0) is 0 Å². The molecule has 3 rings (SSSR count). The zero-order valence-electron chi connectivity index (χ0n) is 10.6. The molecule has 0 unspecified atom stereocenters. The van der Waals surface area contributed by atoms with Crippen molar-refractivity contribution in [2.24, 2.45) is 0 Å². The largest absolute Gasteiger partial charge is 0.435 e. The third-order valence-electron chi connectivity index (χ3n) is 2.83. The quantitative estimate of drug-likeness (QED) is 0.782. The van der Waals surface area contributed by atoms with Crippen LogP contribution in [0.5, 0.6) is 5.75 Å². The van der Waals surface area contributed by atoms with E-state index in [9.17, 15) is 8.78 Å². The van der Waals surface area contributed by atoms with E-state index in [1.54, 1.807) is 12.1 Å². The molecule has 0 amide bonds. The van der Waals surface area contributed by atoms with Gasteiger partial charge in [-0.3, -0.25) is 0 Å². The molecule has 2 aromatic heterocycles. The minimum Gasteiger partial charge on any atom is -0.435 e. The standard InChI is InChI=1S/C14H10F2N2O2S/c15-14(16)19-9-5-3-8(4-6-9)11-12(20-18-13(11)17)10-2-1-7-21-10/h1-7,14H,(H2,17,18). The van der Waals surface area contributed by atoms with Crippen LogP contribution in [0.2, 0.25) is 0 Å². The fourth-order valence-electron chi connectivity index (χ4n) is 1.96. The van der Waals surface area contributed by atoms with Crippen molar-refractivity contribution in [3.05, 3.63) is 41.8 Å². The number of rotatable bonds is 4. The fourth-order valence-corrected chi connectivity index (χ4v) is 2.67. The summed E-state index contributed by atoms with van der Waals surface area (Å²) in [7, 11) is 0. The van der Waals surface area contributed by atoms with Crippen LogP contribution in [0.3, 0.4) is 0 Å². The van der Waals surface area contributed by atoms with E-state index < -0.39 is 6.61 Å². The Kier molecular flexibility index (Phi) is 3.57. The second-order valence-electron chi connectivity index (χ2n) is 4.15. The highest BCUT2D eigenvalue weighted by atomic mass is 32.1. The van der Waals surface area contributed by atoms with Crippen molar-refractivity contribution in [3.63, 3.8) is 0 Å². The minimum absolute atomic E-state index is 0.0847. The van der Waals surface area contributed by atoms with E-state index in [-0.39, 0.29) is 11.6 Å². The van der Waals surface area contributed by atoms with E-state index in [0.29, 0.717) is 11.3 Å². The van der Waals surface area contributed by atoms with Crippen molar-refractivity contribution in [1.29, 1.82) is 0 Å². The van der Waals surface area contributed by atoms with E-state index in [1.165, 1.54) is 23.5 Å². The molecule has 0 bridgehead atoms. The van der Waals surface area contributed by atoms with Gasteiger partial charge in [-0.2, -0.15) is 8.78 Å². The van der Waals surface area contributed by atoms with Crippen LogP contribution in [0.1, 0.15) is 0 Å². The molecule has 2 heterocycles. The van der Waals surface area contributed by atoms with Crippen LogP contribution in [-0.4, -0.2) is 11.8 Å². The highest BCUT2D eigenvalue weighted by molar-refractivity contribution is 7.13. The van der Waals surface area contributed by atoms with Gasteiger partial charge in [0.25, 0.3) is 0 Å². The van der Waals surface area contributed by atoms with Crippen molar-refractivity contribution in [3.8, 4) is 27.5 Å². The molecular weight excluding hydrogens is 298 g/mol. The first-order valence-corrected chi connectivity index (χ1v) is 6.87. The van der Waals surface area contributed by atoms with Crippen molar-refractivity contribution in [1.82, 2.24) is 5.16 Å². The topological polar surface area (TPSA) is 61.3 Å². The van der Waals surface area contributed by atoms with Gasteiger partial charge in [0, 0.05) is 0 Å². The average Bonchev–Trinajstić information content (AvgIpc) is 3.08. The Hall–Kier alpha value is -2.41. The second-order valence-corrected chi connectivity index (χ2v) is 5.10. The minimum atomic E-state index is -2.85. The predicted molar refractivity (Wildman–Crippen MR) is 76.3 cm³/mol. The zero-order chi connectivity index (χ0) is 14.8. The predicted octanol–water partition coefficient (Wildman–Crippen LogP) is 4.25. The van der Waals surface area contributed by atoms with Crippen molar-refractivity contribution >= 4 is 17.2 Å². The molecule has 0 fully saturated rings. The van der Waals surface area contributed by atoms with E-state index in [1.807, 2.05) is 17.5 Å². The molecule has 108 valence electrons. The number of aromatic nitrogens is 1. The Balaban J connectivity index is 1.99. The molecule has 0 aliphatic heterocycles. The van der Waals surface area contributed by atoms with Gasteiger partial charge >= 0.3 is 6.61 Å². The van der Waals surface area contributed by atoms with Crippen LogP contribution in [0.4, 0.5) is 14.6 Å². The molecule has 2 N–H and O–H groups in total. The number of nitrogen functional groups attached to an aromatic ring is 1. The number of anilines is 1. The van der Waals surface area contributed by atoms with E-state index in [2.05, 4.69) is 9.89 Å². The molecule has 1 aromatic carbocycles. The molecule has 0 spiro atoms. The maximum Gasteiger partial charge on any atom is 0.387 e. The second kappa shape index (κ2) is 5.53. The van der Waals surface area contributed by atoms with Crippen LogP contribution in [0.25, 0.3) is 21.8 Å². The Morgan fingerprint density at radius 1 is 1.19 bits per heavy atom. The lowest BCUT2D eigenvalue weighted by atomic mass is 10.1. The van der Waals surface area contributed by atoms with Gasteiger partial charge in [0.1, 0.15) is 5.75 Å². The van der Waals surface area contributed by atoms with Gasteiger partial charge in [-0.25, -0.2) is 0 Å². The van der Waals surface area contributed by atoms with Crippen molar-refractivity contribution in [2.45, 2.75) is 6.61 Å². The Labute approximate surface area is 122 Å². The summed E-state index contributed by atoms with van der Waals surface area (Å²) < 4.78 is 33.9. The van der Waals surface area contributed by atoms with Crippen molar-refractivity contribution < 1.29 is 18.0 Å². The van der Waals surface area contributed by atoms with Crippen molar-refractivity contribution in [2.75, 3.05) is 5.73 Å². The summed E-state index contributed by atoms with van der Waals surface area (Å²) >= 11 is 1.50. The SMILES string of the molecule is Nc1noc(-c2cccs2)c1-c1ccc(OC(F)F)cc1. The molecule has 21 heavy (non-hydrogen) atoms. The summed E-state index contributed by atoms with van der Waals surface area (Å²) in [5.74, 6) is 0.896. The maximum absolute atomic E-state index is 12.1. The van der Waals surface area contributed by atoms with E-state index in [0.717, 1.165) is 10.4 Å². The molecule has 3 aromatic rings. The van der Waals surface area contributed by atoms with Gasteiger partial charge in [0.15, 0.2) is 11.6 Å². The monoisotopic (exact) mass is 308 g/mol. The highest BCUT2D eigenvalue weighted by Gasteiger charge is 2.18. The third kappa shape index (κ3) is 2.73. The smallest absolute Gasteiger partial charge is 0.387 e. The number of hydrogen-bond donors (Lipinski definition) is 1. The number of nitrogens with two attached hydrogens (primary N) is 1. The van der Waals surface area contributed by atoms with Gasteiger partial charge in [-0.15, -0.1) is 11.3 Å². The molecule has 0 aliphatic rings. The highest BCUT2D eigenvalue weighted by Crippen LogP contribution is 2.38. The molecule has 4 nitrogen and oxygen atoms in total. The molecule has 0 saturated carbocycles. The Morgan fingerprint density at radius 2 is 1.95 bits per heavy atom. The lowest BCUT2D eigenvalue weighted by Crippen LogP contribution is -2.01. The summed E-state index contributed by atoms with van der Waals surface area (Å²) in [5, 5.41) is 5.69. The normalized spacial score (nSPS) is 11.0. The first kappa shape index (κ1) is 13.6. The molecule has 0 radical (unpaired) electrons. The van der Waals surface area contributed by atoms with Crippen LogP contribution in [0.15, 0.2) is 46.3 Å². The first-order chi connectivity index (χ1) is 10.1. The summed E-state index contributed by atoms with van der Waals surface area (Å²) in [5.41, 5.74) is 7.21. The number of alkyl halides is 2. The van der Waals surface area contributed by atoms with E-state index in [4.69, 9.17) is 10.3 Å².